The highest BCUT2D eigenvalue weighted by Crippen LogP contribution is 2.36. The molecule has 1 aliphatic heterocycles. The van der Waals surface area contributed by atoms with E-state index in [2.05, 4.69) is 23.5 Å². The maximum absolute atomic E-state index is 5.48. The first-order chi connectivity index (χ1) is 10.3. The summed E-state index contributed by atoms with van der Waals surface area (Å²) >= 11 is 4.03. The molecule has 0 saturated heterocycles. The lowest BCUT2D eigenvalue weighted by Crippen LogP contribution is -2.18. The smallest absolute Gasteiger partial charge is 0.122 e. The van der Waals surface area contributed by atoms with E-state index in [0.29, 0.717) is 6.04 Å². The van der Waals surface area contributed by atoms with Crippen molar-refractivity contribution in [3.8, 4) is 5.75 Å². The van der Waals surface area contributed by atoms with Crippen LogP contribution < -0.4 is 10.1 Å². The number of hydrogen-bond donors (Lipinski definition) is 1. The summed E-state index contributed by atoms with van der Waals surface area (Å²) in [5, 5.41) is 3.48. The molecular weight excluding hydrogens is 298 g/mol. The van der Waals surface area contributed by atoms with Crippen LogP contribution in [0.4, 0.5) is 0 Å². The largest absolute Gasteiger partial charge is 0.496 e. The second-order valence-corrected chi connectivity index (χ2v) is 7.53. The molecule has 2 aromatic rings. The number of benzene rings is 1. The van der Waals surface area contributed by atoms with Gasteiger partial charge in [0.25, 0.3) is 0 Å². The molecule has 0 fully saturated rings. The third kappa shape index (κ3) is 3.28. The summed E-state index contributed by atoms with van der Waals surface area (Å²) in [4.78, 5) is 3.04. The van der Waals surface area contributed by atoms with Gasteiger partial charge >= 0.3 is 0 Å². The van der Waals surface area contributed by atoms with Crippen LogP contribution in [0.25, 0.3) is 0 Å². The van der Waals surface area contributed by atoms with Gasteiger partial charge in [-0.25, -0.2) is 0 Å². The molecule has 3 rings (SSSR count). The zero-order valence-corrected chi connectivity index (χ0v) is 14.2. The van der Waals surface area contributed by atoms with Gasteiger partial charge in [-0.15, -0.1) is 11.3 Å². The normalized spacial score (nSPS) is 15.5. The van der Waals surface area contributed by atoms with E-state index in [1.54, 1.807) is 17.6 Å². The van der Waals surface area contributed by atoms with Gasteiger partial charge in [0, 0.05) is 21.5 Å². The van der Waals surface area contributed by atoms with Gasteiger partial charge in [0.15, 0.2) is 0 Å². The van der Waals surface area contributed by atoms with Crippen molar-refractivity contribution in [2.24, 2.45) is 0 Å². The molecule has 1 atom stereocenters. The van der Waals surface area contributed by atoms with E-state index in [1.807, 2.05) is 42.3 Å². The summed E-state index contributed by atoms with van der Waals surface area (Å²) in [5.41, 5.74) is 2.81. The Hall–Kier alpha value is -0.970. The second kappa shape index (κ2) is 6.86. The van der Waals surface area contributed by atoms with Crippen molar-refractivity contribution < 1.29 is 4.74 Å². The van der Waals surface area contributed by atoms with Crippen LogP contribution >= 0.6 is 23.1 Å². The van der Waals surface area contributed by atoms with Gasteiger partial charge in [-0.2, -0.15) is 11.8 Å². The summed E-state index contributed by atoms with van der Waals surface area (Å²) in [7, 11) is 3.79. The van der Waals surface area contributed by atoms with Gasteiger partial charge in [-0.3, -0.25) is 0 Å². The molecule has 1 aliphatic rings. The van der Waals surface area contributed by atoms with E-state index in [9.17, 15) is 0 Å². The van der Waals surface area contributed by atoms with Gasteiger partial charge in [0.2, 0.25) is 0 Å². The lowest BCUT2D eigenvalue weighted by atomic mass is 10.0. The van der Waals surface area contributed by atoms with Gasteiger partial charge in [0.05, 0.1) is 7.11 Å². The third-order valence-electron chi connectivity index (χ3n) is 3.96. The number of aryl methyl sites for hydroxylation is 1. The van der Waals surface area contributed by atoms with Crippen molar-refractivity contribution in [1.29, 1.82) is 0 Å². The molecule has 1 aromatic heterocycles. The molecule has 4 heteroatoms. The van der Waals surface area contributed by atoms with Crippen LogP contribution in [-0.2, 0) is 18.6 Å². The quantitative estimate of drug-likeness (QED) is 0.898. The summed E-state index contributed by atoms with van der Waals surface area (Å²) in [6.45, 7) is 0. The molecule has 0 radical (unpaired) electrons. The molecule has 0 spiro atoms. The number of methoxy groups -OCH3 is 1. The van der Waals surface area contributed by atoms with Gasteiger partial charge in [-0.1, -0.05) is 18.2 Å². The molecule has 2 nitrogen and oxygen atoms in total. The lowest BCUT2D eigenvalue weighted by Gasteiger charge is -2.16. The first-order valence-corrected chi connectivity index (χ1v) is 9.27. The summed E-state index contributed by atoms with van der Waals surface area (Å²) in [6, 6.07) is 11.1. The Morgan fingerprint density at radius 1 is 1.33 bits per heavy atom. The van der Waals surface area contributed by atoms with Gasteiger partial charge in [0.1, 0.15) is 5.75 Å². The molecule has 0 aliphatic carbocycles. The number of thiophene rings is 1. The third-order valence-corrected chi connectivity index (χ3v) is 6.31. The number of thioether (sulfide) groups is 1. The Morgan fingerprint density at radius 3 is 2.95 bits per heavy atom. The van der Waals surface area contributed by atoms with Crippen LogP contribution in [0.3, 0.4) is 0 Å². The molecule has 0 bridgehead atoms. The highest BCUT2D eigenvalue weighted by Gasteiger charge is 2.19. The number of fused-ring (bicyclic) bond motifs is 1. The SMILES string of the molecule is CNC(Cc1ccccc1OC)c1cc2c(s1)CCSC2. The fourth-order valence-corrected chi connectivity index (χ4v) is 5.26. The van der Waals surface area contributed by atoms with E-state index >= 15 is 0 Å². The van der Waals surface area contributed by atoms with Crippen LogP contribution in [0.15, 0.2) is 30.3 Å². The second-order valence-electron chi connectivity index (χ2n) is 5.26. The van der Waals surface area contributed by atoms with E-state index < -0.39 is 0 Å². The zero-order valence-electron chi connectivity index (χ0n) is 12.5. The van der Waals surface area contributed by atoms with E-state index in [1.165, 1.54) is 28.4 Å². The first kappa shape index (κ1) is 14.9. The fourth-order valence-electron chi connectivity index (χ4n) is 2.78. The van der Waals surface area contributed by atoms with Gasteiger partial charge < -0.3 is 10.1 Å². The predicted octanol–water partition coefficient (Wildman–Crippen LogP) is 4.05. The average Bonchev–Trinajstić information content (AvgIpc) is 2.96. The van der Waals surface area contributed by atoms with Crippen LogP contribution in [0.1, 0.15) is 26.9 Å². The Bertz CT molecular complexity index is 585. The molecule has 1 N–H and O–H groups in total. The Labute approximate surface area is 134 Å². The molecule has 112 valence electrons. The fraction of sp³-hybridized carbons (Fsp3) is 0.412. The summed E-state index contributed by atoms with van der Waals surface area (Å²) < 4.78 is 5.48. The highest BCUT2D eigenvalue weighted by molar-refractivity contribution is 7.98. The van der Waals surface area contributed by atoms with E-state index in [-0.39, 0.29) is 0 Å². The van der Waals surface area contributed by atoms with Crippen molar-refractivity contribution in [2.75, 3.05) is 19.9 Å². The van der Waals surface area contributed by atoms with Gasteiger partial charge in [-0.05, 0) is 48.9 Å². The lowest BCUT2D eigenvalue weighted by molar-refractivity contribution is 0.406. The standard InChI is InChI=1S/C17H21NOS2/c1-18-14(9-12-5-3-4-6-15(12)19-2)17-10-13-11-20-8-7-16(13)21-17/h3-6,10,14,18H,7-9,11H2,1-2H3. The van der Waals surface area contributed by atoms with Crippen molar-refractivity contribution in [2.45, 2.75) is 24.6 Å². The summed E-state index contributed by atoms with van der Waals surface area (Å²) in [6.07, 6.45) is 2.20. The van der Waals surface area contributed by atoms with Crippen molar-refractivity contribution in [3.63, 3.8) is 0 Å². The van der Waals surface area contributed by atoms with E-state index in [0.717, 1.165) is 12.2 Å². The first-order valence-electron chi connectivity index (χ1n) is 7.30. The minimum Gasteiger partial charge on any atom is -0.496 e. The monoisotopic (exact) mass is 319 g/mol. The molecule has 21 heavy (non-hydrogen) atoms. The Kier molecular flexibility index (Phi) is 4.88. The predicted molar refractivity (Wildman–Crippen MR) is 92.7 cm³/mol. The minimum atomic E-state index is 0.363. The number of hydrogen-bond acceptors (Lipinski definition) is 4. The molecular formula is C17H21NOS2. The topological polar surface area (TPSA) is 21.3 Å². The maximum atomic E-state index is 5.48. The average molecular weight is 319 g/mol. The van der Waals surface area contributed by atoms with E-state index in [4.69, 9.17) is 4.74 Å². The number of para-hydroxylation sites is 1. The zero-order chi connectivity index (χ0) is 14.7. The molecule has 2 heterocycles. The molecule has 1 aromatic carbocycles. The van der Waals surface area contributed by atoms with Crippen molar-refractivity contribution in [3.05, 3.63) is 51.2 Å². The number of nitrogens with one attached hydrogen (secondary N) is 1. The van der Waals surface area contributed by atoms with Crippen molar-refractivity contribution >= 4 is 23.1 Å². The Balaban J connectivity index is 1.83. The molecule has 0 saturated carbocycles. The minimum absolute atomic E-state index is 0.363. The Morgan fingerprint density at radius 2 is 2.19 bits per heavy atom. The number of rotatable bonds is 5. The number of ether oxygens (including phenoxy) is 1. The maximum Gasteiger partial charge on any atom is 0.122 e. The number of likely N-dealkylation sites (N-methyl/N-ethyl adjacent to an activating group) is 1. The molecule has 1 unspecified atom stereocenters. The summed E-state index contributed by atoms with van der Waals surface area (Å²) in [5.74, 6) is 3.43. The highest BCUT2D eigenvalue weighted by atomic mass is 32.2. The van der Waals surface area contributed by atoms with Crippen LogP contribution in [0.2, 0.25) is 0 Å². The van der Waals surface area contributed by atoms with Crippen LogP contribution in [0, 0.1) is 0 Å². The molecule has 0 amide bonds. The van der Waals surface area contributed by atoms with Crippen LogP contribution in [0.5, 0.6) is 5.75 Å². The van der Waals surface area contributed by atoms with Crippen LogP contribution in [-0.4, -0.2) is 19.9 Å². The van der Waals surface area contributed by atoms with Crippen molar-refractivity contribution in [1.82, 2.24) is 5.32 Å².